The number of hydrogen-bond donors (Lipinski definition) is 2. The fourth-order valence-electron chi connectivity index (χ4n) is 1.65. The third-order valence-electron chi connectivity index (χ3n) is 2.44. The fraction of sp³-hybridized carbons (Fsp3) is 0.500. The Hall–Kier alpha value is -2.25. The highest BCUT2D eigenvalue weighted by atomic mass is 16.4. The van der Waals surface area contributed by atoms with Crippen LogP contribution in [0.3, 0.4) is 0 Å². The normalized spacial score (nSPS) is 12.8. The number of hydrogen-bond acceptors (Lipinski definition) is 6. The molecule has 2 heterocycles. The fourth-order valence-corrected chi connectivity index (χ4v) is 1.65. The molecule has 2 N–H and O–H groups in total. The molecule has 1 unspecified atom stereocenters. The number of carbonyl (C=O) groups is 1. The Morgan fingerprint density at radius 1 is 1.50 bits per heavy atom. The zero-order valence-electron chi connectivity index (χ0n) is 10.1. The number of nitrogens with one attached hydrogen (secondary N) is 1. The summed E-state index contributed by atoms with van der Waals surface area (Å²) in [5.74, 6) is -0.182. The molecule has 2 rings (SSSR count). The third kappa shape index (κ3) is 2.53. The van der Waals surface area contributed by atoms with Crippen molar-refractivity contribution in [1.82, 2.24) is 25.0 Å². The minimum absolute atomic E-state index is 0.264. The van der Waals surface area contributed by atoms with Gasteiger partial charge in [0.1, 0.15) is 6.04 Å². The number of fused-ring (bicyclic) bond motifs is 1. The summed E-state index contributed by atoms with van der Waals surface area (Å²) in [7, 11) is 0. The third-order valence-corrected chi connectivity index (χ3v) is 2.44. The van der Waals surface area contributed by atoms with E-state index >= 15 is 0 Å². The molecule has 2 aromatic heterocycles. The van der Waals surface area contributed by atoms with Gasteiger partial charge in [0.15, 0.2) is 11.5 Å². The standard InChI is InChI=1S/C10H14N6O2/c1-6(2)3-7(10(17)18)12-8-4-11-5-9-13-14-15-16(8)9/h4-7,12H,3H2,1-2H3,(H,17,18). The summed E-state index contributed by atoms with van der Waals surface area (Å²) in [6.45, 7) is 3.93. The first-order valence-corrected chi connectivity index (χ1v) is 5.59. The van der Waals surface area contributed by atoms with Crippen LogP contribution in [0.2, 0.25) is 0 Å². The second-order valence-electron chi connectivity index (χ2n) is 4.41. The molecule has 0 bridgehead atoms. The van der Waals surface area contributed by atoms with Crippen molar-refractivity contribution in [3.05, 3.63) is 12.4 Å². The summed E-state index contributed by atoms with van der Waals surface area (Å²) >= 11 is 0. The van der Waals surface area contributed by atoms with Gasteiger partial charge in [0, 0.05) is 0 Å². The highest BCUT2D eigenvalue weighted by Gasteiger charge is 2.20. The molecule has 0 saturated heterocycles. The molecule has 0 saturated carbocycles. The van der Waals surface area contributed by atoms with Gasteiger partial charge >= 0.3 is 5.97 Å². The maximum absolute atomic E-state index is 11.2. The van der Waals surface area contributed by atoms with Crippen molar-refractivity contribution in [3.63, 3.8) is 0 Å². The van der Waals surface area contributed by atoms with E-state index in [9.17, 15) is 4.79 Å². The van der Waals surface area contributed by atoms with Gasteiger partial charge in [-0.2, -0.15) is 4.52 Å². The molecule has 18 heavy (non-hydrogen) atoms. The van der Waals surface area contributed by atoms with Crippen molar-refractivity contribution in [2.75, 3.05) is 5.32 Å². The molecule has 0 aliphatic carbocycles. The largest absolute Gasteiger partial charge is 0.480 e. The molecule has 0 fully saturated rings. The number of aliphatic carboxylic acids is 1. The quantitative estimate of drug-likeness (QED) is 0.792. The van der Waals surface area contributed by atoms with E-state index in [1.54, 1.807) is 0 Å². The second kappa shape index (κ2) is 4.94. The molecular formula is C10H14N6O2. The lowest BCUT2D eigenvalue weighted by atomic mass is 10.0. The molecule has 8 nitrogen and oxygen atoms in total. The van der Waals surface area contributed by atoms with E-state index in [-0.39, 0.29) is 5.92 Å². The van der Waals surface area contributed by atoms with Crippen molar-refractivity contribution >= 4 is 17.4 Å². The number of aromatic nitrogens is 5. The maximum atomic E-state index is 11.2. The molecule has 2 aromatic rings. The molecule has 1 atom stereocenters. The topological polar surface area (TPSA) is 105 Å². The van der Waals surface area contributed by atoms with Crippen LogP contribution in [0.15, 0.2) is 12.4 Å². The van der Waals surface area contributed by atoms with E-state index in [1.807, 2.05) is 13.8 Å². The number of nitrogens with zero attached hydrogens (tertiary/aromatic N) is 5. The van der Waals surface area contributed by atoms with Crippen molar-refractivity contribution in [3.8, 4) is 0 Å². The molecular weight excluding hydrogens is 236 g/mol. The Labute approximate surface area is 103 Å². The summed E-state index contributed by atoms with van der Waals surface area (Å²) in [6, 6.07) is -0.693. The SMILES string of the molecule is CC(C)CC(Nc1cncc2nnnn12)C(=O)O. The van der Waals surface area contributed by atoms with Crippen LogP contribution in [0, 0.1) is 5.92 Å². The van der Waals surface area contributed by atoms with Crippen LogP contribution >= 0.6 is 0 Å². The van der Waals surface area contributed by atoms with Gasteiger partial charge in [-0.25, -0.2) is 4.79 Å². The lowest BCUT2D eigenvalue weighted by Gasteiger charge is -2.17. The molecule has 0 aromatic carbocycles. The first-order chi connectivity index (χ1) is 8.58. The Balaban J connectivity index is 2.25. The van der Waals surface area contributed by atoms with E-state index in [2.05, 4.69) is 25.8 Å². The Morgan fingerprint density at radius 3 is 2.94 bits per heavy atom. The molecule has 0 radical (unpaired) electrons. The van der Waals surface area contributed by atoms with E-state index in [1.165, 1.54) is 16.9 Å². The lowest BCUT2D eigenvalue weighted by molar-refractivity contribution is -0.138. The predicted octanol–water partition coefficient (Wildman–Crippen LogP) is 0.430. The van der Waals surface area contributed by atoms with Gasteiger partial charge in [-0.15, -0.1) is 5.10 Å². The van der Waals surface area contributed by atoms with Gasteiger partial charge in [0.05, 0.1) is 12.4 Å². The van der Waals surface area contributed by atoms with Crippen LogP contribution < -0.4 is 5.32 Å². The van der Waals surface area contributed by atoms with Gasteiger partial charge in [0.2, 0.25) is 0 Å². The average molecular weight is 250 g/mol. The van der Waals surface area contributed by atoms with Gasteiger partial charge in [-0.05, 0) is 22.8 Å². The molecule has 0 spiro atoms. The van der Waals surface area contributed by atoms with Crippen LogP contribution in [-0.4, -0.2) is 42.1 Å². The van der Waals surface area contributed by atoms with Crippen LogP contribution in [0.25, 0.3) is 5.65 Å². The van der Waals surface area contributed by atoms with Crippen LogP contribution in [0.4, 0.5) is 5.82 Å². The monoisotopic (exact) mass is 250 g/mol. The molecule has 96 valence electrons. The van der Waals surface area contributed by atoms with Gasteiger partial charge in [0.25, 0.3) is 0 Å². The lowest BCUT2D eigenvalue weighted by Crippen LogP contribution is -2.31. The van der Waals surface area contributed by atoms with Crippen LogP contribution in [0.1, 0.15) is 20.3 Å². The first kappa shape index (κ1) is 12.2. The predicted molar refractivity (Wildman–Crippen MR) is 63.1 cm³/mol. The smallest absolute Gasteiger partial charge is 0.326 e. The van der Waals surface area contributed by atoms with E-state index < -0.39 is 12.0 Å². The first-order valence-electron chi connectivity index (χ1n) is 5.59. The molecule has 0 aliphatic rings. The van der Waals surface area contributed by atoms with Gasteiger partial charge in [-0.1, -0.05) is 13.8 Å². The molecule has 0 amide bonds. The highest BCUT2D eigenvalue weighted by molar-refractivity contribution is 5.76. The zero-order chi connectivity index (χ0) is 13.1. The summed E-state index contributed by atoms with van der Waals surface area (Å²) < 4.78 is 1.42. The van der Waals surface area contributed by atoms with Crippen molar-refractivity contribution in [2.24, 2.45) is 5.92 Å². The Morgan fingerprint density at radius 2 is 2.28 bits per heavy atom. The summed E-state index contributed by atoms with van der Waals surface area (Å²) in [6.07, 6.45) is 3.51. The van der Waals surface area contributed by atoms with E-state index in [4.69, 9.17) is 5.11 Å². The minimum Gasteiger partial charge on any atom is -0.480 e. The Bertz CT molecular complexity index is 552. The zero-order valence-corrected chi connectivity index (χ0v) is 10.1. The highest BCUT2D eigenvalue weighted by Crippen LogP contribution is 2.12. The second-order valence-corrected chi connectivity index (χ2v) is 4.41. The number of carboxylic acid groups (broad SMARTS) is 1. The van der Waals surface area contributed by atoms with E-state index in [0.29, 0.717) is 17.9 Å². The number of rotatable bonds is 5. The van der Waals surface area contributed by atoms with Gasteiger partial charge in [-0.3, -0.25) is 4.98 Å². The number of carboxylic acids is 1. The average Bonchev–Trinajstić information content (AvgIpc) is 2.76. The summed E-state index contributed by atoms with van der Waals surface area (Å²) in [5, 5.41) is 23.1. The molecule has 0 aliphatic heterocycles. The number of tetrazole rings is 1. The van der Waals surface area contributed by atoms with Crippen LogP contribution in [-0.2, 0) is 4.79 Å². The van der Waals surface area contributed by atoms with Gasteiger partial charge < -0.3 is 10.4 Å². The maximum Gasteiger partial charge on any atom is 0.326 e. The van der Waals surface area contributed by atoms with Crippen molar-refractivity contribution < 1.29 is 9.90 Å². The summed E-state index contributed by atoms with van der Waals surface area (Å²) in [5.41, 5.74) is 0.466. The Kier molecular flexibility index (Phi) is 3.35. The van der Waals surface area contributed by atoms with Crippen LogP contribution in [0.5, 0.6) is 0 Å². The van der Waals surface area contributed by atoms with Crippen molar-refractivity contribution in [1.29, 1.82) is 0 Å². The molecule has 8 heteroatoms. The van der Waals surface area contributed by atoms with E-state index in [0.717, 1.165) is 0 Å². The number of anilines is 1. The summed E-state index contributed by atoms with van der Waals surface area (Å²) in [4.78, 5) is 15.1. The van der Waals surface area contributed by atoms with Crippen molar-refractivity contribution in [2.45, 2.75) is 26.3 Å². The minimum atomic E-state index is -0.909.